The molecule has 0 N–H and O–H groups in total. The van der Waals surface area contributed by atoms with Gasteiger partial charge in [-0.05, 0) is 29.8 Å². The number of ether oxygens (including phenoxy) is 1. The van der Waals surface area contributed by atoms with Gasteiger partial charge in [-0.15, -0.1) is 0 Å². The van der Waals surface area contributed by atoms with Gasteiger partial charge in [0.05, 0.1) is 12.0 Å². The Morgan fingerprint density at radius 2 is 2.08 bits per heavy atom. The number of hydrazone groups is 1. The minimum Gasteiger partial charge on any atom is -0.467 e. The van der Waals surface area contributed by atoms with Crippen LogP contribution in [0, 0.1) is 0 Å². The lowest BCUT2D eigenvalue weighted by Gasteiger charge is -2.19. The number of hydrogen-bond donors (Lipinski definition) is 0. The molecule has 1 aliphatic rings. The van der Waals surface area contributed by atoms with E-state index in [2.05, 4.69) is 5.10 Å². The number of nitrogens with zero attached hydrogens (tertiary/aromatic N) is 2. The molecule has 0 spiro atoms. The summed E-state index contributed by atoms with van der Waals surface area (Å²) < 4.78 is 10.2. The highest BCUT2D eigenvalue weighted by Crippen LogP contribution is 2.33. The maximum absolute atomic E-state index is 12.4. The zero-order chi connectivity index (χ0) is 17.1. The maximum Gasteiger partial charge on any atom is 0.303 e. The molecular weight excluding hydrogens is 332 g/mol. The molecule has 0 saturated heterocycles. The third-order valence-corrected chi connectivity index (χ3v) is 3.87. The summed E-state index contributed by atoms with van der Waals surface area (Å²) in [5.74, 6) is -0.298. The zero-order valence-electron chi connectivity index (χ0n) is 12.9. The van der Waals surface area contributed by atoms with Crippen molar-refractivity contribution in [1.29, 1.82) is 0 Å². The fourth-order valence-corrected chi connectivity index (χ4v) is 2.62. The first-order valence-corrected chi connectivity index (χ1v) is 7.74. The lowest BCUT2D eigenvalue weighted by molar-refractivity contribution is -0.151. The van der Waals surface area contributed by atoms with Gasteiger partial charge in [0.25, 0.3) is 5.91 Å². The number of furan rings is 1. The molecule has 24 heavy (non-hydrogen) atoms. The largest absolute Gasteiger partial charge is 0.467 e. The fourth-order valence-electron chi connectivity index (χ4n) is 2.49. The number of rotatable bonds is 4. The van der Waals surface area contributed by atoms with Crippen LogP contribution in [0.3, 0.4) is 0 Å². The van der Waals surface area contributed by atoms with Gasteiger partial charge in [0.1, 0.15) is 11.8 Å². The fraction of sp³-hybridized carbons (Fsp3) is 0.235. The Hall–Kier alpha value is -2.60. The number of amides is 1. The number of esters is 1. The average Bonchev–Trinajstić information content (AvgIpc) is 3.22. The molecule has 0 bridgehead atoms. The molecule has 0 aliphatic carbocycles. The maximum atomic E-state index is 12.4. The molecule has 2 heterocycles. The van der Waals surface area contributed by atoms with Crippen LogP contribution in [-0.4, -0.2) is 29.2 Å². The predicted octanol–water partition coefficient (Wildman–Crippen LogP) is 3.17. The Morgan fingerprint density at radius 3 is 2.71 bits per heavy atom. The van der Waals surface area contributed by atoms with Crippen LogP contribution in [0.1, 0.15) is 30.7 Å². The molecule has 1 aromatic carbocycles. The molecule has 1 unspecified atom stereocenters. The summed E-state index contributed by atoms with van der Waals surface area (Å²) in [6.45, 7) is 0.896. The summed E-state index contributed by atoms with van der Waals surface area (Å²) in [6, 6.07) is 10.4. The van der Waals surface area contributed by atoms with Crippen LogP contribution < -0.4 is 0 Å². The average molecular weight is 347 g/mol. The van der Waals surface area contributed by atoms with Gasteiger partial charge < -0.3 is 9.15 Å². The highest BCUT2D eigenvalue weighted by molar-refractivity contribution is 6.30. The first-order valence-electron chi connectivity index (χ1n) is 7.37. The Labute approximate surface area is 143 Å². The first kappa shape index (κ1) is 16.3. The molecular formula is C17H15ClN2O4. The van der Waals surface area contributed by atoms with E-state index in [1.807, 2.05) is 12.1 Å². The van der Waals surface area contributed by atoms with Gasteiger partial charge in [0, 0.05) is 18.4 Å². The van der Waals surface area contributed by atoms with Crippen molar-refractivity contribution < 1.29 is 18.7 Å². The van der Waals surface area contributed by atoms with Crippen molar-refractivity contribution in [3.05, 3.63) is 59.0 Å². The standard InChI is InChI=1S/C17H15ClN2O4/c1-11(21)24-10-17(22)20-15(16-3-2-8-23-16)9-14(19-20)12-4-6-13(18)7-5-12/h2-8,15H,9-10H2,1H3. The molecule has 0 saturated carbocycles. The van der Waals surface area contributed by atoms with E-state index >= 15 is 0 Å². The SMILES string of the molecule is CC(=O)OCC(=O)N1N=C(c2ccc(Cl)cc2)CC1c1ccco1. The molecule has 7 heteroatoms. The molecule has 3 rings (SSSR count). The zero-order valence-corrected chi connectivity index (χ0v) is 13.7. The second-order valence-electron chi connectivity index (χ2n) is 5.31. The van der Waals surface area contributed by atoms with Gasteiger partial charge >= 0.3 is 5.97 Å². The van der Waals surface area contributed by atoms with Gasteiger partial charge in [-0.25, -0.2) is 5.01 Å². The first-order chi connectivity index (χ1) is 11.5. The molecule has 1 aliphatic heterocycles. The van der Waals surface area contributed by atoms with Gasteiger partial charge in [-0.2, -0.15) is 5.10 Å². The molecule has 2 aromatic rings. The molecule has 1 atom stereocenters. The Morgan fingerprint density at radius 1 is 1.33 bits per heavy atom. The quantitative estimate of drug-likeness (QED) is 0.797. The minimum absolute atomic E-state index is 0.357. The van der Waals surface area contributed by atoms with Crippen LogP contribution in [0.5, 0.6) is 0 Å². The van der Waals surface area contributed by atoms with E-state index in [9.17, 15) is 9.59 Å². The van der Waals surface area contributed by atoms with Crippen LogP contribution in [0.4, 0.5) is 0 Å². The van der Waals surface area contributed by atoms with E-state index in [0.717, 1.165) is 11.3 Å². The lowest BCUT2D eigenvalue weighted by atomic mass is 10.0. The number of halogens is 1. The summed E-state index contributed by atoms with van der Waals surface area (Å²) in [5, 5.41) is 6.35. The summed E-state index contributed by atoms with van der Waals surface area (Å²) in [7, 11) is 0. The van der Waals surface area contributed by atoms with Crippen molar-refractivity contribution in [2.75, 3.05) is 6.61 Å². The monoisotopic (exact) mass is 346 g/mol. The van der Waals surface area contributed by atoms with Crippen molar-refractivity contribution in [3.8, 4) is 0 Å². The third kappa shape index (κ3) is 3.49. The molecule has 1 amide bonds. The van der Waals surface area contributed by atoms with Crippen LogP contribution in [-0.2, 0) is 14.3 Å². The molecule has 124 valence electrons. The number of hydrogen-bond acceptors (Lipinski definition) is 5. The summed E-state index contributed by atoms with van der Waals surface area (Å²) in [5.41, 5.74) is 1.61. The second kappa shape index (κ2) is 6.88. The number of carbonyl (C=O) groups is 2. The van der Waals surface area contributed by atoms with Crippen LogP contribution >= 0.6 is 11.6 Å². The van der Waals surface area contributed by atoms with E-state index in [0.29, 0.717) is 17.2 Å². The Kier molecular flexibility index (Phi) is 4.66. The highest BCUT2D eigenvalue weighted by Gasteiger charge is 2.35. The summed E-state index contributed by atoms with van der Waals surface area (Å²) >= 11 is 5.91. The highest BCUT2D eigenvalue weighted by atomic mass is 35.5. The second-order valence-corrected chi connectivity index (χ2v) is 5.74. The van der Waals surface area contributed by atoms with E-state index in [1.54, 1.807) is 30.5 Å². The Bertz CT molecular complexity index is 768. The molecule has 6 nitrogen and oxygen atoms in total. The van der Waals surface area contributed by atoms with E-state index in [-0.39, 0.29) is 12.6 Å². The van der Waals surface area contributed by atoms with E-state index in [4.69, 9.17) is 20.8 Å². The van der Waals surface area contributed by atoms with E-state index in [1.165, 1.54) is 11.9 Å². The van der Waals surface area contributed by atoms with Crippen molar-refractivity contribution in [2.45, 2.75) is 19.4 Å². The predicted molar refractivity (Wildman–Crippen MR) is 87.5 cm³/mol. The van der Waals surface area contributed by atoms with Crippen molar-refractivity contribution in [1.82, 2.24) is 5.01 Å². The van der Waals surface area contributed by atoms with Gasteiger partial charge in [0.2, 0.25) is 0 Å². The van der Waals surface area contributed by atoms with Crippen LogP contribution in [0.25, 0.3) is 0 Å². The van der Waals surface area contributed by atoms with Crippen LogP contribution in [0.15, 0.2) is 52.2 Å². The van der Waals surface area contributed by atoms with Crippen LogP contribution in [0.2, 0.25) is 5.02 Å². The van der Waals surface area contributed by atoms with Crippen molar-refractivity contribution in [3.63, 3.8) is 0 Å². The van der Waals surface area contributed by atoms with Gasteiger partial charge in [-0.1, -0.05) is 23.7 Å². The third-order valence-electron chi connectivity index (χ3n) is 3.61. The smallest absolute Gasteiger partial charge is 0.303 e. The van der Waals surface area contributed by atoms with Crippen molar-refractivity contribution in [2.24, 2.45) is 5.10 Å². The molecule has 1 aromatic heterocycles. The molecule has 0 radical (unpaired) electrons. The minimum atomic E-state index is -0.515. The summed E-state index contributed by atoms with van der Waals surface area (Å²) in [4.78, 5) is 23.3. The molecule has 0 fully saturated rings. The van der Waals surface area contributed by atoms with E-state index < -0.39 is 11.9 Å². The topological polar surface area (TPSA) is 72.1 Å². The van der Waals surface area contributed by atoms with Crippen molar-refractivity contribution >= 4 is 29.2 Å². The number of carbonyl (C=O) groups excluding carboxylic acids is 2. The number of benzene rings is 1. The van der Waals surface area contributed by atoms with Gasteiger partial charge in [0.15, 0.2) is 6.61 Å². The Balaban J connectivity index is 1.86. The summed E-state index contributed by atoms with van der Waals surface area (Å²) in [6.07, 6.45) is 2.05. The normalized spacial score (nSPS) is 16.8. The lowest BCUT2D eigenvalue weighted by Crippen LogP contribution is -2.30. The van der Waals surface area contributed by atoms with Gasteiger partial charge in [-0.3, -0.25) is 9.59 Å².